The Balaban J connectivity index is 1.27. The third kappa shape index (κ3) is 8.33. The first-order chi connectivity index (χ1) is 25.4. The lowest BCUT2D eigenvalue weighted by atomic mass is 9.95. The number of halogens is 2. The Bertz CT molecular complexity index is 2500. The van der Waals surface area contributed by atoms with Crippen molar-refractivity contribution in [2.24, 2.45) is 12.5 Å². The zero-order valence-electron chi connectivity index (χ0n) is 29.6. The molecule has 15 nitrogen and oxygen atoms in total. The lowest BCUT2D eigenvalue weighted by molar-refractivity contribution is -0.143. The van der Waals surface area contributed by atoms with Gasteiger partial charge in [0.25, 0.3) is 21.5 Å². The maximum atomic E-state index is 15.2. The summed E-state index contributed by atoms with van der Waals surface area (Å²) >= 11 is 0. The second kappa shape index (κ2) is 15.4. The summed E-state index contributed by atoms with van der Waals surface area (Å²) in [5.41, 5.74) is -2.32. The Morgan fingerprint density at radius 3 is 2.30 bits per heavy atom. The first-order valence-electron chi connectivity index (χ1n) is 16.2. The molecule has 0 bridgehead atoms. The van der Waals surface area contributed by atoms with Gasteiger partial charge in [-0.25, -0.2) is 36.3 Å². The van der Waals surface area contributed by atoms with Crippen LogP contribution in [-0.2, 0) is 37.8 Å². The molecule has 0 saturated carbocycles. The van der Waals surface area contributed by atoms with Crippen LogP contribution in [0.4, 0.5) is 20.2 Å². The van der Waals surface area contributed by atoms with Gasteiger partial charge in [0, 0.05) is 36.6 Å². The highest BCUT2D eigenvalue weighted by molar-refractivity contribution is 7.92. The molecule has 5 rings (SSSR count). The second-order valence-corrected chi connectivity index (χ2v) is 14.8. The van der Waals surface area contributed by atoms with Crippen molar-refractivity contribution in [1.29, 1.82) is 0 Å². The van der Waals surface area contributed by atoms with Crippen LogP contribution in [-0.4, -0.2) is 58.5 Å². The minimum atomic E-state index is -4.43. The zero-order chi connectivity index (χ0) is 39.5. The number of methoxy groups -OCH3 is 1. The van der Waals surface area contributed by atoms with Crippen molar-refractivity contribution in [3.63, 3.8) is 0 Å². The van der Waals surface area contributed by atoms with E-state index in [4.69, 9.17) is 4.74 Å². The summed E-state index contributed by atoms with van der Waals surface area (Å²) in [6, 6.07) is 9.14. The van der Waals surface area contributed by atoms with Crippen LogP contribution in [0, 0.1) is 17.0 Å². The van der Waals surface area contributed by atoms with Crippen LogP contribution >= 0.6 is 0 Å². The summed E-state index contributed by atoms with van der Waals surface area (Å²) in [5.74, 6) is -4.89. The average molecular weight is 764 g/mol. The maximum absolute atomic E-state index is 15.2. The zero-order valence-corrected chi connectivity index (χ0v) is 30.5. The highest BCUT2D eigenvalue weighted by Gasteiger charge is 2.26. The SMILES string of the molecule is COC(=O)[C@H](CCc1ccc(-n2c(=O)c3ccncc3n(C)c2=O)nc1)NC(=O)c1cc(F)c(NS(=O)(=O)c2ccc(NC(=O)C(C)(C)C)cc2)cc1F. The Hall–Kier alpha value is -6.30. The van der Waals surface area contributed by atoms with Crippen LogP contribution in [0.5, 0.6) is 0 Å². The van der Waals surface area contributed by atoms with E-state index in [2.05, 4.69) is 20.6 Å². The van der Waals surface area contributed by atoms with Gasteiger partial charge in [-0.1, -0.05) is 26.8 Å². The van der Waals surface area contributed by atoms with E-state index in [1.807, 2.05) is 4.72 Å². The van der Waals surface area contributed by atoms with Crippen LogP contribution in [0.3, 0.4) is 0 Å². The number of nitrogens with one attached hydrogen (secondary N) is 3. The molecule has 5 aromatic rings. The Morgan fingerprint density at radius 2 is 1.67 bits per heavy atom. The van der Waals surface area contributed by atoms with Crippen LogP contribution in [0.15, 0.2) is 87.7 Å². The van der Waals surface area contributed by atoms with E-state index in [-0.39, 0.29) is 34.8 Å². The van der Waals surface area contributed by atoms with E-state index in [0.29, 0.717) is 28.9 Å². The molecule has 1 atom stereocenters. The number of ether oxygens (including phenoxy) is 1. The van der Waals surface area contributed by atoms with Crippen molar-refractivity contribution in [2.75, 3.05) is 17.1 Å². The minimum absolute atomic E-state index is 0.0450. The van der Waals surface area contributed by atoms with E-state index >= 15 is 8.78 Å². The molecular weight excluding hydrogens is 728 g/mol. The van der Waals surface area contributed by atoms with E-state index in [1.165, 1.54) is 66.6 Å². The van der Waals surface area contributed by atoms with Crippen LogP contribution in [0.1, 0.15) is 43.1 Å². The van der Waals surface area contributed by atoms with Crippen molar-refractivity contribution in [3.8, 4) is 5.82 Å². The first kappa shape index (κ1) is 38.9. The lowest BCUT2D eigenvalue weighted by Crippen LogP contribution is -2.42. The predicted molar refractivity (Wildman–Crippen MR) is 194 cm³/mol. The molecule has 0 saturated heterocycles. The van der Waals surface area contributed by atoms with Crippen molar-refractivity contribution < 1.29 is 36.3 Å². The summed E-state index contributed by atoms with van der Waals surface area (Å²) in [5, 5.41) is 5.22. The fourth-order valence-corrected chi connectivity index (χ4v) is 6.23. The third-order valence-corrected chi connectivity index (χ3v) is 9.65. The van der Waals surface area contributed by atoms with Gasteiger partial charge in [-0.3, -0.25) is 28.7 Å². The monoisotopic (exact) mass is 763 g/mol. The number of esters is 1. The smallest absolute Gasteiger partial charge is 0.337 e. The molecule has 3 N–H and O–H groups in total. The molecule has 3 aromatic heterocycles. The molecule has 0 fully saturated rings. The molecule has 282 valence electrons. The van der Waals surface area contributed by atoms with Gasteiger partial charge in [-0.2, -0.15) is 0 Å². The number of carbonyl (C=O) groups excluding carboxylic acids is 3. The fourth-order valence-electron chi connectivity index (χ4n) is 5.17. The standard InChI is InChI=1S/C36H35F2N7O8S/c1-36(2,3)34(49)41-21-8-10-22(11-9-21)54(51,52)43-28-17-25(37)24(16-26(28)38)31(46)42-27(33(48)53-5)12-6-20-7-13-30(40-18-20)45-32(47)23-14-15-39-19-29(23)44(4)35(45)50/h7-11,13-19,27,43H,6,12H2,1-5H3,(H,41,49)(H,42,46)/t27-/m0/s1. The molecule has 0 aliphatic carbocycles. The Kier molecular flexibility index (Phi) is 11.1. The molecule has 18 heteroatoms. The first-order valence-corrected chi connectivity index (χ1v) is 17.7. The van der Waals surface area contributed by atoms with Crippen molar-refractivity contribution >= 4 is 50.1 Å². The van der Waals surface area contributed by atoms with E-state index in [0.717, 1.165) is 11.7 Å². The number of benzene rings is 2. The van der Waals surface area contributed by atoms with E-state index < -0.39 is 67.5 Å². The number of fused-ring (bicyclic) bond motifs is 1. The minimum Gasteiger partial charge on any atom is -0.467 e. The molecule has 0 spiro atoms. The van der Waals surface area contributed by atoms with E-state index in [9.17, 15) is 32.4 Å². The number of pyridine rings is 2. The van der Waals surface area contributed by atoms with Gasteiger partial charge in [-0.15, -0.1) is 0 Å². The molecule has 0 aliphatic heterocycles. The molecular formula is C36H35F2N7O8S. The second-order valence-electron chi connectivity index (χ2n) is 13.1. The molecule has 3 heterocycles. The fraction of sp³-hybridized carbons (Fsp3) is 0.250. The van der Waals surface area contributed by atoms with Gasteiger partial charge < -0.3 is 15.4 Å². The van der Waals surface area contributed by atoms with Gasteiger partial charge in [0.1, 0.15) is 23.5 Å². The topological polar surface area (TPSA) is 200 Å². The summed E-state index contributed by atoms with van der Waals surface area (Å²) in [6.07, 6.45) is 4.25. The number of rotatable bonds is 11. The highest BCUT2D eigenvalue weighted by Crippen LogP contribution is 2.25. The van der Waals surface area contributed by atoms with Gasteiger partial charge in [-0.05, 0) is 60.9 Å². The number of aryl methyl sites for hydroxylation is 2. The normalized spacial score (nSPS) is 12.2. The number of carbonyl (C=O) groups is 3. The largest absolute Gasteiger partial charge is 0.467 e. The lowest BCUT2D eigenvalue weighted by Gasteiger charge is -2.18. The van der Waals surface area contributed by atoms with E-state index in [1.54, 1.807) is 26.8 Å². The number of anilines is 2. The third-order valence-electron chi connectivity index (χ3n) is 8.27. The summed E-state index contributed by atoms with van der Waals surface area (Å²) in [4.78, 5) is 71.8. The molecule has 2 amide bonds. The van der Waals surface area contributed by atoms with Gasteiger partial charge >= 0.3 is 11.7 Å². The maximum Gasteiger partial charge on any atom is 0.337 e. The summed E-state index contributed by atoms with van der Waals surface area (Å²) < 4.78 is 65.1. The van der Waals surface area contributed by atoms with Gasteiger partial charge in [0.15, 0.2) is 0 Å². The molecule has 0 unspecified atom stereocenters. The van der Waals surface area contributed by atoms with Gasteiger partial charge in [0.05, 0.1) is 40.4 Å². The Labute approximate surface area is 307 Å². The molecule has 0 aliphatic rings. The average Bonchev–Trinajstić information content (AvgIpc) is 3.13. The molecule has 0 radical (unpaired) electrons. The van der Waals surface area contributed by atoms with Crippen LogP contribution in [0.2, 0.25) is 0 Å². The van der Waals surface area contributed by atoms with Crippen molar-refractivity contribution in [3.05, 3.63) is 117 Å². The number of nitrogens with zero attached hydrogens (tertiary/aromatic N) is 4. The number of hydrogen-bond acceptors (Lipinski definition) is 10. The molecule has 54 heavy (non-hydrogen) atoms. The van der Waals surface area contributed by atoms with Crippen molar-refractivity contribution in [2.45, 2.75) is 44.6 Å². The number of aromatic nitrogens is 4. The molecule has 2 aromatic carbocycles. The summed E-state index contributed by atoms with van der Waals surface area (Å²) in [7, 11) is -1.86. The van der Waals surface area contributed by atoms with Crippen molar-refractivity contribution in [1.82, 2.24) is 24.4 Å². The highest BCUT2D eigenvalue weighted by atomic mass is 32.2. The number of hydrogen-bond donors (Lipinski definition) is 3. The van der Waals surface area contributed by atoms with Crippen LogP contribution < -0.4 is 26.6 Å². The Morgan fingerprint density at radius 1 is 0.963 bits per heavy atom. The quantitative estimate of drug-likeness (QED) is 0.168. The number of amides is 2. The summed E-state index contributed by atoms with van der Waals surface area (Å²) in [6.45, 7) is 5.11. The van der Waals surface area contributed by atoms with Crippen LogP contribution in [0.25, 0.3) is 16.7 Å². The van der Waals surface area contributed by atoms with Gasteiger partial charge in [0.2, 0.25) is 5.91 Å². The number of sulfonamides is 1. The predicted octanol–water partition coefficient (Wildman–Crippen LogP) is 3.45.